The van der Waals surface area contributed by atoms with Gasteiger partial charge in [0.1, 0.15) is 0 Å². The van der Waals surface area contributed by atoms with Crippen molar-refractivity contribution in [2.24, 2.45) is 11.1 Å². The second kappa shape index (κ2) is 7.25. The minimum absolute atomic E-state index is 0.282. The molecule has 3 N–H and O–H groups in total. The van der Waals surface area contributed by atoms with Crippen LogP contribution in [0.4, 0.5) is 0 Å². The van der Waals surface area contributed by atoms with Gasteiger partial charge in [-0.15, -0.1) is 0 Å². The molecule has 1 fully saturated rings. The van der Waals surface area contributed by atoms with Gasteiger partial charge in [-0.2, -0.15) is 0 Å². The first-order valence-corrected chi connectivity index (χ1v) is 6.68. The fraction of sp³-hybridized carbons (Fsp3) is 1.00. The van der Waals surface area contributed by atoms with Gasteiger partial charge in [0.15, 0.2) is 0 Å². The molecule has 0 heterocycles. The first-order valence-electron chi connectivity index (χ1n) is 6.68. The number of rotatable bonds is 9. The average molecular weight is 228 g/mol. The maximum atomic E-state index is 6.03. The van der Waals surface area contributed by atoms with Gasteiger partial charge < -0.3 is 15.8 Å². The van der Waals surface area contributed by atoms with Crippen molar-refractivity contribution in [3.63, 3.8) is 0 Å². The molecule has 0 radical (unpaired) electrons. The lowest BCUT2D eigenvalue weighted by Crippen LogP contribution is -2.43. The van der Waals surface area contributed by atoms with Gasteiger partial charge in [-0.25, -0.2) is 0 Å². The molecule has 0 aromatic carbocycles. The molecule has 1 atom stereocenters. The molecule has 0 bridgehead atoms. The monoisotopic (exact) mass is 228 g/mol. The van der Waals surface area contributed by atoms with E-state index in [1.807, 2.05) is 0 Å². The lowest BCUT2D eigenvalue weighted by atomic mass is 9.67. The number of methoxy groups -OCH3 is 1. The highest BCUT2D eigenvalue weighted by Crippen LogP contribution is 2.42. The number of nitrogens with two attached hydrogens (primary N) is 1. The number of hydrogen-bond donors (Lipinski definition) is 2. The Hall–Kier alpha value is -0.120. The molecule has 0 aliphatic heterocycles. The highest BCUT2D eigenvalue weighted by Gasteiger charge is 2.34. The summed E-state index contributed by atoms with van der Waals surface area (Å²) in [5, 5.41) is 3.54. The molecule has 1 aliphatic carbocycles. The maximum Gasteiger partial charge on any atom is 0.0462 e. The zero-order chi connectivity index (χ0) is 11.9. The molecule has 3 heteroatoms. The van der Waals surface area contributed by atoms with Crippen molar-refractivity contribution in [3.8, 4) is 0 Å². The highest BCUT2D eigenvalue weighted by atomic mass is 16.5. The Morgan fingerprint density at radius 2 is 2.19 bits per heavy atom. The summed E-state index contributed by atoms with van der Waals surface area (Å²) in [6.07, 6.45) is 7.64. The predicted octanol–water partition coefficient (Wildman–Crippen LogP) is 1.91. The van der Waals surface area contributed by atoms with Crippen LogP contribution in [0.15, 0.2) is 0 Å². The van der Waals surface area contributed by atoms with Gasteiger partial charge in [-0.3, -0.25) is 0 Å². The van der Waals surface area contributed by atoms with E-state index >= 15 is 0 Å². The van der Waals surface area contributed by atoms with Gasteiger partial charge in [-0.1, -0.05) is 13.3 Å². The summed E-state index contributed by atoms with van der Waals surface area (Å²) in [5.41, 5.74) is 6.63. The molecule has 0 amide bonds. The SMILES string of the molecule is CCC1(CNCC(N)CCCOC)CCC1. The van der Waals surface area contributed by atoms with Crippen molar-refractivity contribution < 1.29 is 4.74 Å². The third-order valence-electron chi connectivity index (χ3n) is 3.99. The number of hydrogen-bond acceptors (Lipinski definition) is 3. The molecular formula is C13H28N2O. The first-order chi connectivity index (χ1) is 7.72. The smallest absolute Gasteiger partial charge is 0.0462 e. The minimum Gasteiger partial charge on any atom is -0.385 e. The highest BCUT2D eigenvalue weighted by molar-refractivity contribution is 4.88. The Morgan fingerprint density at radius 1 is 1.44 bits per heavy atom. The van der Waals surface area contributed by atoms with Crippen molar-refractivity contribution in [1.29, 1.82) is 0 Å². The summed E-state index contributed by atoms with van der Waals surface area (Å²) >= 11 is 0. The van der Waals surface area contributed by atoms with Crippen LogP contribution in [0.5, 0.6) is 0 Å². The second-order valence-electron chi connectivity index (χ2n) is 5.23. The van der Waals surface area contributed by atoms with E-state index in [4.69, 9.17) is 10.5 Å². The van der Waals surface area contributed by atoms with Crippen LogP contribution in [0.1, 0.15) is 45.4 Å². The molecule has 1 saturated carbocycles. The van der Waals surface area contributed by atoms with E-state index in [2.05, 4.69) is 12.2 Å². The van der Waals surface area contributed by atoms with Gasteiger partial charge in [0, 0.05) is 32.8 Å². The van der Waals surface area contributed by atoms with E-state index < -0.39 is 0 Å². The standard InChI is InChI=1S/C13H28N2O/c1-3-13(7-5-8-13)11-15-10-12(14)6-4-9-16-2/h12,15H,3-11,14H2,1-2H3. The van der Waals surface area contributed by atoms with E-state index in [1.165, 1.54) is 25.7 Å². The average Bonchev–Trinajstić information content (AvgIpc) is 2.22. The van der Waals surface area contributed by atoms with Crippen LogP contribution in [0, 0.1) is 5.41 Å². The third kappa shape index (κ3) is 4.40. The third-order valence-corrected chi connectivity index (χ3v) is 3.99. The molecule has 1 aliphatic rings. The molecule has 96 valence electrons. The molecule has 0 aromatic heterocycles. The lowest BCUT2D eigenvalue weighted by Gasteiger charge is -2.41. The normalized spacial score (nSPS) is 20.4. The molecule has 16 heavy (non-hydrogen) atoms. The van der Waals surface area contributed by atoms with Crippen LogP contribution in [-0.2, 0) is 4.74 Å². The largest absolute Gasteiger partial charge is 0.385 e. The maximum absolute atomic E-state index is 6.03. The Bertz CT molecular complexity index is 175. The van der Waals surface area contributed by atoms with Gasteiger partial charge in [-0.05, 0) is 37.5 Å². The van der Waals surface area contributed by atoms with E-state index in [0.29, 0.717) is 5.41 Å². The van der Waals surface area contributed by atoms with Crippen LogP contribution >= 0.6 is 0 Å². The summed E-state index contributed by atoms with van der Waals surface area (Å²) in [7, 11) is 1.74. The molecular weight excluding hydrogens is 200 g/mol. The van der Waals surface area contributed by atoms with Gasteiger partial charge in [0.05, 0.1) is 0 Å². The summed E-state index contributed by atoms with van der Waals surface area (Å²) in [4.78, 5) is 0. The van der Waals surface area contributed by atoms with E-state index in [9.17, 15) is 0 Å². The minimum atomic E-state index is 0.282. The number of ether oxygens (including phenoxy) is 1. The van der Waals surface area contributed by atoms with Crippen LogP contribution in [-0.4, -0.2) is 32.8 Å². The van der Waals surface area contributed by atoms with Crippen molar-refractivity contribution in [2.75, 3.05) is 26.8 Å². The predicted molar refractivity (Wildman–Crippen MR) is 68.5 cm³/mol. The lowest BCUT2D eigenvalue weighted by molar-refractivity contribution is 0.123. The molecule has 1 rings (SSSR count). The quantitative estimate of drug-likeness (QED) is 0.593. The van der Waals surface area contributed by atoms with Crippen LogP contribution in [0.25, 0.3) is 0 Å². The molecule has 1 unspecified atom stereocenters. The molecule has 0 aromatic rings. The van der Waals surface area contributed by atoms with Crippen LogP contribution < -0.4 is 11.1 Å². The Labute approximate surface area is 100 Å². The van der Waals surface area contributed by atoms with Gasteiger partial charge >= 0.3 is 0 Å². The number of nitrogens with one attached hydrogen (secondary N) is 1. The summed E-state index contributed by atoms with van der Waals surface area (Å²) < 4.78 is 5.02. The van der Waals surface area contributed by atoms with Crippen molar-refractivity contribution in [3.05, 3.63) is 0 Å². The summed E-state index contributed by atoms with van der Waals surface area (Å²) in [5.74, 6) is 0. The fourth-order valence-corrected chi connectivity index (χ4v) is 2.45. The second-order valence-corrected chi connectivity index (χ2v) is 5.23. The molecule has 0 spiro atoms. The van der Waals surface area contributed by atoms with Crippen LogP contribution in [0.2, 0.25) is 0 Å². The zero-order valence-electron chi connectivity index (χ0n) is 10.9. The van der Waals surface area contributed by atoms with E-state index in [0.717, 1.165) is 32.5 Å². The summed E-state index contributed by atoms with van der Waals surface area (Å²) in [6, 6.07) is 0.282. The van der Waals surface area contributed by atoms with Crippen molar-refractivity contribution in [2.45, 2.75) is 51.5 Å². The Morgan fingerprint density at radius 3 is 2.69 bits per heavy atom. The van der Waals surface area contributed by atoms with E-state index in [-0.39, 0.29) is 6.04 Å². The van der Waals surface area contributed by atoms with Crippen molar-refractivity contribution >= 4 is 0 Å². The van der Waals surface area contributed by atoms with Gasteiger partial charge in [0.25, 0.3) is 0 Å². The Kier molecular flexibility index (Phi) is 6.32. The molecule has 3 nitrogen and oxygen atoms in total. The zero-order valence-corrected chi connectivity index (χ0v) is 10.9. The van der Waals surface area contributed by atoms with Gasteiger partial charge in [0.2, 0.25) is 0 Å². The Balaban J connectivity index is 2.01. The first kappa shape index (κ1) is 13.9. The van der Waals surface area contributed by atoms with E-state index in [1.54, 1.807) is 7.11 Å². The summed E-state index contributed by atoms with van der Waals surface area (Å²) in [6.45, 7) is 5.24. The molecule has 0 saturated heterocycles. The topological polar surface area (TPSA) is 47.3 Å². The fourth-order valence-electron chi connectivity index (χ4n) is 2.45. The van der Waals surface area contributed by atoms with Crippen molar-refractivity contribution in [1.82, 2.24) is 5.32 Å². The van der Waals surface area contributed by atoms with Crippen LogP contribution in [0.3, 0.4) is 0 Å².